The zero-order valence-corrected chi connectivity index (χ0v) is 18.2. The van der Waals surface area contributed by atoms with Gasteiger partial charge < -0.3 is 4.74 Å². The maximum atomic E-state index is 12.4. The average Bonchev–Trinajstić information content (AvgIpc) is 3.02. The van der Waals surface area contributed by atoms with Gasteiger partial charge in [-0.25, -0.2) is 8.42 Å². The molecular weight excluding hydrogens is 406 g/mol. The molecule has 2 aromatic carbocycles. The zero-order chi connectivity index (χ0) is 22.1. The van der Waals surface area contributed by atoms with E-state index in [1.165, 1.54) is 10.4 Å². The molecule has 1 heterocycles. The largest absolute Gasteiger partial charge is 0.484 e. The van der Waals surface area contributed by atoms with Crippen molar-refractivity contribution in [3.8, 4) is 5.75 Å². The Labute approximate surface area is 176 Å². The maximum Gasteiger partial charge on any atom is 0.276 e. The number of rotatable bonds is 5. The Bertz CT molecular complexity index is 1100. The first-order valence-corrected chi connectivity index (χ1v) is 11.3. The lowest BCUT2D eigenvalue weighted by molar-refractivity contribution is -0.123. The number of amides is 2. The normalized spacial score (nSPS) is 15.5. The molecule has 0 aromatic heterocycles. The van der Waals surface area contributed by atoms with Crippen molar-refractivity contribution in [1.29, 1.82) is 0 Å². The highest BCUT2D eigenvalue weighted by atomic mass is 32.2. The van der Waals surface area contributed by atoms with Crippen LogP contribution in [-0.2, 0) is 21.2 Å². The third-order valence-corrected chi connectivity index (χ3v) is 6.29. The summed E-state index contributed by atoms with van der Waals surface area (Å²) in [6.45, 7) is 5.51. The van der Waals surface area contributed by atoms with E-state index in [0.717, 1.165) is 22.9 Å². The highest BCUT2D eigenvalue weighted by Gasteiger charge is 2.32. The lowest BCUT2D eigenvalue weighted by atomic mass is 10.1. The molecule has 1 atom stereocenters. The molecule has 2 aromatic rings. The van der Waals surface area contributed by atoms with E-state index in [1.54, 1.807) is 18.2 Å². The van der Waals surface area contributed by atoms with Crippen molar-refractivity contribution >= 4 is 27.5 Å². The molecule has 0 bridgehead atoms. The number of hydrogen-bond donors (Lipinski definition) is 2. The van der Waals surface area contributed by atoms with Crippen LogP contribution in [0.2, 0.25) is 0 Å². The van der Waals surface area contributed by atoms with E-state index in [2.05, 4.69) is 10.9 Å². The molecular formula is C21H25N3O5S. The van der Waals surface area contributed by atoms with Gasteiger partial charge in [-0.3, -0.25) is 24.7 Å². The van der Waals surface area contributed by atoms with Crippen LogP contribution >= 0.6 is 0 Å². The molecule has 30 heavy (non-hydrogen) atoms. The van der Waals surface area contributed by atoms with Crippen LogP contribution in [0.4, 0.5) is 5.69 Å². The van der Waals surface area contributed by atoms with Crippen LogP contribution in [0.25, 0.3) is 0 Å². The van der Waals surface area contributed by atoms with E-state index < -0.39 is 21.8 Å². The van der Waals surface area contributed by atoms with E-state index in [9.17, 15) is 18.0 Å². The van der Waals surface area contributed by atoms with Gasteiger partial charge in [0.25, 0.3) is 11.8 Å². The molecule has 0 spiro atoms. The summed E-state index contributed by atoms with van der Waals surface area (Å²) < 4.78 is 30.8. The molecule has 0 fully saturated rings. The third kappa shape index (κ3) is 4.73. The number of hydrogen-bond acceptors (Lipinski definition) is 5. The number of fused-ring (bicyclic) bond motifs is 1. The number of nitrogens with one attached hydrogen (secondary N) is 2. The van der Waals surface area contributed by atoms with Crippen LogP contribution in [0.5, 0.6) is 5.75 Å². The van der Waals surface area contributed by atoms with E-state index in [0.29, 0.717) is 23.4 Å². The summed E-state index contributed by atoms with van der Waals surface area (Å²) in [6.07, 6.45) is 1.68. The summed E-state index contributed by atoms with van der Waals surface area (Å²) in [5.41, 5.74) is 8.52. The first kappa shape index (κ1) is 21.6. The molecule has 160 valence electrons. The van der Waals surface area contributed by atoms with Gasteiger partial charge in [-0.1, -0.05) is 6.07 Å². The van der Waals surface area contributed by atoms with E-state index in [4.69, 9.17) is 4.74 Å². The van der Waals surface area contributed by atoms with Crippen molar-refractivity contribution in [3.63, 3.8) is 0 Å². The molecule has 0 saturated heterocycles. The Balaban J connectivity index is 1.57. The number of anilines is 1. The average molecular weight is 432 g/mol. The summed E-state index contributed by atoms with van der Waals surface area (Å²) >= 11 is 0. The predicted octanol–water partition coefficient (Wildman–Crippen LogP) is 1.85. The molecule has 0 aliphatic carbocycles. The van der Waals surface area contributed by atoms with Crippen LogP contribution in [-0.4, -0.2) is 39.1 Å². The maximum absolute atomic E-state index is 12.4. The minimum atomic E-state index is -3.39. The standard InChI is InChI=1S/C21H25N3O5S/c1-13-5-7-18(9-14(13)2)29-12-20(25)22-23-21(26)16-6-8-19-17(11-16)10-15(3)24(19)30(4,27)28/h5-9,11,15H,10,12H2,1-4H3,(H,22,25)(H,23,26). The molecule has 0 saturated carbocycles. The number of nitrogens with zero attached hydrogens (tertiary/aromatic N) is 1. The van der Waals surface area contributed by atoms with Gasteiger partial charge in [-0.2, -0.15) is 0 Å². The number of carbonyl (C=O) groups is 2. The second-order valence-corrected chi connectivity index (χ2v) is 9.35. The van der Waals surface area contributed by atoms with Crippen molar-refractivity contribution in [1.82, 2.24) is 10.9 Å². The predicted molar refractivity (Wildman–Crippen MR) is 114 cm³/mol. The van der Waals surface area contributed by atoms with Crippen molar-refractivity contribution < 1.29 is 22.7 Å². The topological polar surface area (TPSA) is 105 Å². The number of sulfonamides is 1. The minimum absolute atomic E-state index is 0.212. The second kappa shape index (κ2) is 8.35. The highest BCUT2D eigenvalue weighted by molar-refractivity contribution is 7.92. The Morgan fingerprint density at radius 3 is 2.50 bits per heavy atom. The van der Waals surface area contributed by atoms with E-state index in [-0.39, 0.29) is 12.6 Å². The summed E-state index contributed by atoms with van der Waals surface area (Å²) in [6, 6.07) is 10.1. The molecule has 1 unspecified atom stereocenters. The van der Waals surface area contributed by atoms with Crippen LogP contribution in [0, 0.1) is 13.8 Å². The Morgan fingerprint density at radius 1 is 1.10 bits per heavy atom. The summed E-state index contributed by atoms with van der Waals surface area (Å²) in [5.74, 6) is -0.426. The molecule has 2 N–H and O–H groups in total. The van der Waals surface area contributed by atoms with Gasteiger partial charge in [0.15, 0.2) is 6.61 Å². The van der Waals surface area contributed by atoms with Gasteiger partial charge >= 0.3 is 0 Å². The number of hydrazine groups is 1. The van der Waals surface area contributed by atoms with Crippen LogP contribution in [0.1, 0.15) is 34.0 Å². The highest BCUT2D eigenvalue weighted by Crippen LogP contribution is 2.34. The van der Waals surface area contributed by atoms with E-state index in [1.807, 2.05) is 32.9 Å². The van der Waals surface area contributed by atoms with Crippen molar-refractivity contribution in [2.45, 2.75) is 33.2 Å². The number of benzene rings is 2. The quantitative estimate of drug-likeness (QED) is 0.703. The minimum Gasteiger partial charge on any atom is -0.484 e. The van der Waals surface area contributed by atoms with Gasteiger partial charge in [-0.05, 0) is 74.2 Å². The van der Waals surface area contributed by atoms with Crippen LogP contribution in [0.3, 0.4) is 0 Å². The number of aryl methyl sites for hydroxylation is 2. The van der Waals surface area contributed by atoms with Crippen molar-refractivity contribution in [2.75, 3.05) is 17.2 Å². The molecule has 1 aliphatic heterocycles. The van der Waals surface area contributed by atoms with Crippen LogP contribution in [0.15, 0.2) is 36.4 Å². The smallest absolute Gasteiger partial charge is 0.276 e. The first-order valence-electron chi connectivity index (χ1n) is 9.48. The zero-order valence-electron chi connectivity index (χ0n) is 17.4. The van der Waals surface area contributed by atoms with Gasteiger partial charge in [0, 0.05) is 11.6 Å². The molecule has 1 aliphatic rings. The number of ether oxygens (including phenoxy) is 1. The molecule has 8 nitrogen and oxygen atoms in total. The Morgan fingerprint density at radius 2 is 1.83 bits per heavy atom. The van der Waals surface area contributed by atoms with Crippen molar-refractivity contribution in [3.05, 3.63) is 58.7 Å². The second-order valence-electron chi connectivity index (χ2n) is 7.49. The van der Waals surface area contributed by atoms with E-state index >= 15 is 0 Å². The fourth-order valence-corrected chi connectivity index (χ4v) is 4.70. The molecule has 3 rings (SSSR count). The summed E-state index contributed by atoms with van der Waals surface area (Å²) in [5, 5.41) is 0. The van der Waals surface area contributed by atoms with Gasteiger partial charge in [0.05, 0.1) is 11.9 Å². The van der Waals surface area contributed by atoms with Gasteiger partial charge in [0.1, 0.15) is 5.75 Å². The summed E-state index contributed by atoms with van der Waals surface area (Å²) in [4.78, 5) is 24.3. The Kier molecular flexibility index (Phi) is 6.02. The fourth-order valence-electron chi connectivity index (χ4n) is 3.44. The molecule has 2 amide bonds. The lowest BCUT2D eigenvalue weighted by Gasteiger charge is -2.21. The Hall–Kier alpha value is -3.07. The van der Waals surface area contributed by atoms with Gasteiger partial charge in [0.2, 0.25) is 10.0 Å². The SMILES string of the molecule is Cc1ccc(OCC(=O)NNC(=O)c2ccc3c(c2)CC(C)N3S(C)(=O)=O)cc1C. The third-order valence-electron chi connectivity index (χ3n) is 5.02. The van der Waals surface area contributed by atoms with Crippen molar-refractivity contribution in [2.24, 2.45) is 0 Å². The first-order chi connectivity index (χ1) is 14.1. The molecule has 0 radical (unpaired) electrons. The summed E-state index contributed by atoms with van der Waals surface area (Å²) in [7, 11) is -3.39. The number of carbonyl (C=O) groups excluding carboxylic acids is 2. The molecule has 9 heteroatoms. The lowest BCUT2D eigenvalue weighted by Crippen LogP contribution is -2.43. The monoisotopic (exact) mass is 431 g/mol. The van der Waals surface area contributed by atoms with Gasteiger partial charge in [-0.15, -0.1) is 0 Å². The van der Waals surface area contributed by atoms with Crippen LogP contribution < -0.4 is 19.9 Å². The fraction of sp³-hybridized carbons (Fsp3) is 0.333.